The van der Waals surface area contributed by atoms with Crippen LogP contribution in [-0.4, -0.2) is 45.4 Å². The molecule has 3 aliphatic rings. The molecule has 0 saturated heterocycles. The van der Waals surface area contributed by atoms with Crippen LogP contribution in [-0.2, 0) is 16.7 Å². The molecule has 2 atom stereocenters. The lowest BCUT2D eigenvalue weighted by molar-refractivity contribution is 0.0513. The van der Waals surface area contributed by atoms with E-state index in [0.29, 0.717) is 0 Å². The number of nitrogens with zero attached hydrogens (tertiary/aromatic N) is 1. The molecule has 0 unspecified atom stereocenters. The van der Waals surface area contributed by atoms with Crippen molar-refractivity contribution in [2.45, 2.75) is 24.5 Å². The van der Waals surface area contributed by atoms with Gasteiger partial charge in [0, 0.05) is 26.6 Å². The molecule has 4 rings (SSSR count). The molecule has 0 N–H and O–H groups in total. The van der Waals surface area contributed by atoms with E-state index in [1.54, 1.807) is 21.3 Å². The van der Waals surface area contributed by atoms with Crippen molar-refractivity contribution in [1.82, 2.24) is 4.90 Å². The van der Waals surface area contributed by atoms with Crippen molar-refractivity contribution in [3.8, 4) is 11.5 Å². The smallest absolute Gasteiger partial charge is 0.161 e. The highest BCUT2D eigenvalue weighted by Crippen LogP contribution is 2.52. The molecule has 0 radical (unpaired) electrons. The fraction of sp³-hybridized carbons (Fsp3) is 0.474. The molecule has 2 heterocycles. The normalized spacial score (nSPS) is 28.7. The van der Waals surface area contributed by atoms with Gasteiger partial charge in [-0.25, -0.2) is 0 Å². The zero-order valence-electron chi connectivity index (χ0n) is 14.0. The molecule has 2 aliphatic heterocycles. The highest BCUT2D eigenvalue weighted by atomic mass is 16.5. The van der Waals surface area contributed by atoms with Gasteiger partial charge < -0.3 is 14.2 Å². The molecule has 1 aromatic carbocycles. The molecule has 0 saturated carbocycles. The summed E-state index contributed by atoms with van der Waals surface area (Å²) < 4.78 is 16.7. The van der Waals surface area contributed by atoms with Crippen LogP contribution in [0.4, 0.5) is 0 Å². The molecular weight excluding hydrogens is 290 g/mol. The van der Waals surface area contributed by atoms with Gasteiger partial charge in [0.05, 0.1) is 25.9 Å². The third-order valence-corrected chi connectivity index (χ3v) is 5.54. The molecule has 122 valence electrons. The van der Waals surface area contributed by atoms with E-state index in [1.165, 1.54) is 16.7 Å². The number of benzene rings is 1. The SMILES string of the molecule is COc1cc2c(cc1OC)[C@]13C[C@H](OC)C=CC1=CCN3CC2. The fourth-order valence-electron chi connectivity index (χ4n) is 4.39. The van der Waals surface area contributed by atoms with Crippen LogP contribution in [0, 0.1) is 0 Å². The second kappa shape index (κ2) is 5.39. The first-order chi connectivity index (χ1) is 11.2. The summed E-state index contributed by atoms with van der Waals surface area (Å²) in [4.78, 5) is 2.58. The van der Waals surface area contributed by atoms with Gasteiger partial charge in [0.1, 0.15) is 0 Å². The average molecular weight is 313 g/mol. The Labute approximate surface area is 137 Å². The first-order valence-corrected chi connectivity index (χ1v) is 8.15. The first-order valence-electron chi connectivity index (χ1n) is 8.15. The van der Waals surface area contributed by atoms with Gasteiger partial charge in [-0.3, -0.25) is 4.90 Å². The van der Waals surface area contributed by atoms with Crippen LogP contribution < -0.4 is 9.47 Å². The predicted octanol–water partition coefficient (Wildman–Crippen LogP) is 2.67. The Kier molecular flexibility index (Phi) is 3.47. The van der Waals surface area contributed by atoms with Gasteiger partial charge in [0.2, 0.25) is 0 Å². The third kappa shape index (κ3) is 1.98. The Morgan fingerprint density at radius 3 is 2.65 bits per heavy atom. The highest BCUT2D eigenvalue weighted by Gasteiger charge is 2.50. The molecule has 0 aromatic heterocycles. The molecule has 23 heavy (non-hydrogen) atoms. The van der Waals surface area contributed by atoms with E-state index in [9.17, 15) is 0 Å². The predicted molar refractivity (Wildman–Crippen MR) is 89.1 cm³/mol. The molecule has 1 aliphatic carbocycles. The Morgan fingerprint density at radius 2 is 1.91 bits per heavy atom. The second-order valence-corrected chi connectivity index (χ2v) is 6.42. The largest absolute Gasteiger partial charge is 0.493 e. The van der Waals surface area contributed by atoms with Gasteiger partial charge in [0.25, 0.3) is 0 Å². The van der Waals surface area contributed by atoms with Gasteiger partial charge in [-0.2, -0.15) is 0 Å². The summed E-state index contributed by atoms with van der Waals surface area (Å²) in [5, 5.41) is 0. The van der Waals surface area contributed by atoms with Gasteiger partial charge >= 0.3 is 0 Å². The van der Waals surface area contributed by atoms with Crippen LogP contribution >= 0.6 is 0 Å². The second-order valence-electron chi connectivity index (χ2n) is 6.42. The Morgan fingerprint density at radius 1 is 1.13 bits per heavy atom. The van der Waals surface area contributed by atoms with E-state index in [0.717, 1.165) is 37.4 Å². The van der Waals surface area contributed by atoms with E-state index in [4.69, 9.17) is 14.2 Å². The summed E-state index contributed by atoms with van der Waals surface area (Å²) in [6, 6.07) is 4.32. The van der Waals surface area contributed by atoms with E-state index >= 15 is 0 Å². The molecule has 4 nitrogen and oxygen atoms in total. The summed E-state index contributed by atoms with van der Waals surface area (Å²) >= 11 is 0. The van der Waals surface area contributed by atoms with Crippen LogP contribution in [0.3, 0.4) is 0 Å². The number of hydrogen-bond acceptors (Lipinski definition) is 4. The quantitative estimate of drug-likeness (QED) is 0.858. The maximum Gasteiger partial charge on any atom is 0.161 e. The molecule has 0 bridgehead atoms. The summed E-state index contributed by atoms with van der Waals surface area (Å²) in [7, 11) is 5.19. The minimum Gasteiger partial charge on any atom is -0.493 e. The Bertz CT molecular complexity index is 694. The number of ether oxygens (including phenoxy) is 3. The van der Waals surface area contributed by atoms with Crippen molar-refractivity contribution in [1.29, 1.82) is 0 Å². The number of methoxy groups -OCH3 is 3. The minimum absolute atomic E-state index is 0.0808. The van der Waals surface area contributed by atoms with E-state index in [-0.39, 0.29) is 11.6 Å². The van der Waals surface area contributed by atoms with Crippen molar-refractivity contribution in [2.75, 3.05) is 34.4 Å². The molecule has 1 spiro atoms. The van der Waals surface area contributed by atoms with Gasteiger partial charge in [-0.05, 0) is 35.3 Å². The van der Waals surface area contributed by atoms with Crippen LogP contribution in [0.2, 0.25) is 0 Å². The van der Waals surface area contributed by atoms with E-state index in [1.807, 2.05) is 0 Å². The van der Waals surface area contributed by atoms with Crippen molar-refractivity contribution in [3.05, 3.63) is 47.1 Å². The summed E-state index contributed by atoms with van der Waals surface area (Å²) in [6.45, 7) is 2.07. The monoisotopic (exact) mass is 313 g/mol. The maximum atomic E-state index is 5.66. The molecule has 0 fully saturated rings. The Hall–Kier alpha value is -1.78. The lowest BCUT2D eigenvalue weighted by atomic mass is 9.71. The number of rotatable bonds is 3. The summed E-state index contributed by atoms with van der Waals surface area (Å²) in [5.41, 5.74) is 4.01. The van der Waals surface area contributed by atoms with Gasteiger partial charge in [-0.15, -0.1) is 0 Å². The average Bonchev–Trinajstić information content (AvgIpc) is 2.99. The molecule has 4 heteroatoms. The standard InChI is InChI=1S/C19H23NO3/c1-21-15-5-4-14-7-9-20-8-6-13-10-17(22-2)18(23-3)11-16(13)19(14,20)12-15/h4-5,7,10-11,15H,6,8-9,12H2,1-3H3/t15-,19+/m1/s1. The third-order valence-electron chi connectivity index (χ3n) is 5.54. The highest BCUT2D eigenvalue weighted by molar-refractivity contribution is 5.57. The minimum atomic E-state index is -0.0808. The van der Waals surface area contributed by atoms with Crippen LogP contribution in [0.15, 0.2) is 35.9 Å². The van der Waals surface area contributed by atoms with Gasteiger partial charge in [-0.1, -0.05) is 18.2 Å². The van der Waals surface area contributed by atoms with Crippen LogP contribution in [0.5, 0.6) is 11.5 Å². The van der Waals surface area contributed by atoms with E-state index < -0.39 is 0 Å². The molecule has 1 aromatic rings. The zero-order valence-corrected chi connectivity index (χ0v) is 14.0. The molecule has 0 amide bonds. The first kappa shape index (κ1) is 14.8. The lowest BCUT2D eigenvalue weighted by Crippen LogP contribution is -2.51. The van der Waals surface area contributed by atoms with Crippen molar-refractivity contribution < 1.29 is 14.2 Å². The van der Waals surface area contributed by atoms with Crippen LogP contribution in [0.1, 0.15) is 17.5 Å². The van der Waals surface area contributed by atoms with E-state index in [2.05, 4.69) is 35.3 Å². The summed E-state index contributed by atoms with van der Waals surface area (Å²) in [6.07, 6.45) is 8.91. The summed E-state index contributed by atoms with van der Waals surface area (Å²) in [5.74, 6) is 1.62. The maximum absolute atomic E-state index is 5.66. The van der Waals surface area contributed by atoms with Gasteiger partial charge in [0.15, 0.2) is 11.5 Å². The molecular formula is C19H23NO3. The number of fused-ring (bicyclic) bond motifs is 1. The number of hydrogen-bond donors (Lipinski definition) is 0. The van der Waals surface area contributed by atoms with Crippen LogP contribution in [0.25, 0.3) is 0 Å². The van der Waals surface area contributed by atoms with Crippen molar-refractivity contribution >= 4 is 0 Å². The lowest BCUT2D eigenvalue weighted by Gasteiger charge is -2.48. The van der Waals surface area contributed by atoms with Crippen molar-refractivity contribution in [2.24, 2.45) is 0 Å². The topological polar surface area (TPSA) is 30.9 Å². The Balaban J connectivity index is 1.91. The van der Waals surface area contributed by atoms with Crippen molar-refractivity contribution in [3.63, 3.8) is 0 Å². The fourth-order valence-corrected chi connectivity index (χ4v) is 4.39. The zero-order chi connectivity index (χ0) is 16.0.